The van der Waals surface area contributed by atoms with Gasteiger partial charge in [-0.15, -0.1) is 0 Å². The third-order valence-electron chi connectivity index (χ3n) is 5.23. The van der Waals surface area contributed by atoms with Crippen LogP contribution < -0.4 is 24.8 Å². The first-order valence-corrected chi connectivity index (χ1v) is 8.62. The van der Waals surface area contributed by atoms with Crippen molar-refractivity contribution in [2.45, 2.75) is 44.9 Å². The molecule has 0 radical (unpaired) electrons. The predicted octanol–water partition coefficient (Wildman–Crippen LogP) is 0.378. The van der Waals surface area contributed by atoms with Crippen molar-refractivity contribution in [2.75, 3.05) is 0 Å². The van der Waals surface area contributed by atoms with Crippen LogP contribution >= 0.6 is 0 Å². The molecule has 3 heteroatoms. The molecule has 0 spiro atoms. The summed E-state index contributed by atoms with van der Waals surface area (Å²) in [5, 5.41) is 0. The van der Waals surface area contributed by atoms with Crippen molar-refractivity contribution in [1.82, 2.24) is 0 Å². The van der Waals surface area contributed by atoms with Crippen molar-refractivity contribution < 1.29 is 51.0 Å². The molecule has 2 aromatic rings. The molecule has 26 heavy (non-hydrogen) atoms. The fourth-order valence-corrected chi connectivity index (χ4v) is 3.90. The van der Waals surface area contributed by atoms with E-state index in [-0.39, 0.29) is 56.4 Å². The van der Waals surface area contributed by atoms with Gasteiger partial charge in [0.1, 0.15) is 0 Å². The van der Waals surface area contributed by atoms with Gasteiger partial charge in [-0.05, 0) is 46.1 Å². The Hall–Kier alpha value is -0.617. The van der Waals surface area contributed by atoms with Crippen LogP contribution in [0.4, 0.5) is 0 Å². The molecule has 0 saturated heterocycles. The minimum atomic E-state index is 0. The van der Waals surface area contributed by atoms with Gasteiger partial charge in [-0.2, -0.15) is 0 Å². The Morgan fingerprint density at radius 3 is 2.27 bits per heavy atom. The minimum Gasteiger partial charge on any atom is -1.00 e. The van der Waals surface area contributed by atoms with E-state index in [1.54, 1.807) is 5.57 Å². The average Bonchev–Trinajstić information content (AvgIpc) is 3.14. The number of rotatable bonds is 2. The maximum atomic E-state index is 2.46. The molecule has 2 aromatic carbocycles. The van der Waals surface area contributed by atoms with E-state index >= 15 is 0 Å². The molecule has 2 aliphatic carbocycles. The topological polar surface area (TPSA) is 0 Å². The van der Waals surface area contributed by atoms with Gasteiger partial charge in [0.25, 0.3) is 0 Å². The Labute approximate surface area is 189 Å². The second-order valence-electron chi connectivity index (χ2n) is 7.85. The number of hydrogen-bond acceptors (Lipinski definition) is 0. The Kier molecular flexibility index (Phi) is 8.15. The van der Waals surface area contributed by atoms with Gasteiger partial charge in [-0.1, -0.05) is 87.0 Å². The first kappa shape index (κ1) is 23.4. The molecule has 1 unspecified atom stereocenters. The van der Waals surface area contributed by atoms with Crippen LogP contribution in [0.3, 0.4) is 0 Å². The third-order valence-corrected chi connectivity index (χ3v) is 5.23. The summed E-state index contributed by atoms with van der Waals surface area (Å²) in [5.41, 5.74) is 9.08. The molecule has 134 valence electrons. The number of hydrogen-bond donors (Lipinski definition) is 0. The zero-order valence-corrected chi connectivity index (χ0v) is 19.5. The zero-order chi connectivity index (χ0) is 16.0. The molecule has 0 aliphatic heterocycles. The molecule has 4 rings (SSSR count). The molecule has 0 amide bonds. The molecule has 0 bridgehead atoms. The second-order valence-corrected chi connectivity index (χ2v) is 7.85. The van der Waals surface area contributed by atoms with E-state index in [1.807, 2.05) is 0 Å². The smallest absolute Gasteiger partial charge is 1.00 e. The Morgan fingerprint density at radius 2 is 1.62 bits per heavy atom. The standard InChI is InChI=1S/C23H24.2ClH.Zr/c1-23(2,3)17-12-13-20-18-10-6-7-11-19(18)21(22(20)15-17)14-16-8-4-5-9-16;;;/h4-8,10-13,15,21H,9,14H2,1-3H3;2*1H;/q;;;+2/p-2. The first-order chi connectivity index (χ1) is 11.0. The van der Waals surface area contributed by atoms with E-state index in [9.17, 15) is 0 Å². The van der Waals surface area contributed by atoms with Crippen molar-refractivity contribution in [3.63, 3.8) is 0 Å². The summed E-state index contributed by atoms with van der Waals surface area (Å²) in [5.74, 6) is 0.509. The van der Waals surface area contributed by atoms with Crippen molar-refractivity contribution in [3.05, 3.63) is 83.0 Å². The van der Waals surface area contributed by atoms with Crippen LogP contribution in [0.25, 0.3) is 11.1 Å². The fraction of sp³-hybridized carbons (Fsp3) is 0.304. The van der Waals surface area contributed by atoms with Gasteiger partial charge in [0.2, 0.25) is 0 Å². The van der Waals surface area contributed by atoms with Gasteiger partial charge < -0.3 is 24.8 Å². The maximum Gasteiger partial charge on any atom is 2.00 e. The summed E-state index contributed by atoms with van der Waals surface area (Å²) in [4.78, 5) is 0. The molecule has 2 aliphatic rings. The SMILES string of the molecule is CC(C)(C)c1ccc2c(c1)C(CC1=CC=CC1)c1ccccc1-2.[Cl-].[Cl-].[Zr+2]. The summed E-state index contributed by atoms with van der Waals surface area (Å²) in [6, 6.07) is 16.1. The molecule has 0 heterocycles. The van der Waals surface area contributed by atoms with Crippen LogP contribution in [-0.2, 0) is 31.6 Å². The predicted molar refractivity (Wildman–Crippen MR) is 98.9 cm³/mol. The molecular weight excluding hydrogens is 438 g/mol. The van der Waals surface area contributed by atoms with Crippen molar-refractivity contribution in [2.24, 2.45) is 0 Å². The van der Waals surface area contributed by atoms with Gasteiger partial charge in [0.15, 0.2) is 0 Å². The first-order valence-electron chi connectivity index (χ1n) is 8.62. The number of fused-ring (bicyclic) bond motifs is 3. The molecular formula is C23H24Cl2Zr. The van der Waals surface area contributed by atoms with Crippen LogP contribution in [0, 0.1) is 0 Å². The number of halogens is 2. The van der Waals surface area contributed by atoms with Crippen molar-refractivity contribution in [3.8, 4) is 11.1 Å². The summed E-state index contributed by atoms with van der Waals surface area (Å²) in [6.07, 6.45) is 9.02. The molecule has 0 saturated carbocycles. The zero-order valence-electron chi connectivity index (χ0n) is 15.5. The average molecular weight is 463 g/mol. The minimum absolute atomic E-state index is 0. The van der Waals surface area contributed by atoms with E-state index in [2.05, 4.69) is 81.5 Å². The summed E-state index contributed by atoms with van der Waals surface area (Å²) >= 11 is 0. The van der Waals surface area contributed by atoms with Gasteiger partial charge >= 0.3 is 26.2 Å². The molecule has 1 atom stereocenters. The summed E-state index contributed by atoms with van der Waals surface area (Å²) in [7, 11) is 0. The maximum absolute atomic E-state index is 2.46. The Bertz CT molecular complexity index is 828. The van der Waals surface area contributed by atoms with E-state index in [1.165, 1.54) is 27.8 Å². The molecule has 0 nitrogen and oxygen atoms in total. The molecule has 0 N–H and O–H groups in total. The fourth-order valence-electron chi connectivity index (χ4n) is 3.90. The van der Waals surface area contributed by atoms with Crippen molar-refractivity contribution in [1.29, 1.82) is 0 Å². The molecule has 0 fully saturated rings. The molecule has 0 aromatic heterocycles. The van der Waals surface area contributed by atoms with Crippen LogP contribution in [0.15, 0.2) is 66.3 Å². The normalized spacial score (nSPS) is 16.6. The number of benzene rings is 2. The quantitative estimate of drug-likeness (QED) is 0.606. The summed E-state index contributed by atoms with van der Waals surface area (Å²) in [6.45, 7) is 6.90. The van der Waals surface area contributed by atoms with E-state index in [0.29, 0.717) is 5.92 Å². The van der Waals surface area contributed by atoms with Crippen LogP contribution in [0.1, 0.15) is 56.2 Å². The largest absolute Gasteiger partial charge is 2.00 e. The monoisotopic (exact) mass is 460 g/mol. The number of allylic oxidation sites excluding steroid dienone is 4. The van der Waals surface area contributed by atoms with E-state index < -0.39 is 0 Å². The van der Waals surface area contributed by atoms with E-state index in [4.69, 9.17) is 0 Å². The van der Waals surface area contributed by atoms with Crippen LogP contribution in [0.5, 0.6) is 0 Å². The Morgan fingerprint density at radius 1 is 0.923 bits per heavy atom. The van der Waals surface area contributed by atoms with Gasteiger partial charge in [-0.3, -0.25) is 0 Å². The Balaban J connectivity index is 0.00000113. The van der Waals surface area contributed by atoms with Crippen LogP contribution in [-0.4, -0.2) is 0 Å². The summed E-state index contributed by atoms with van der Waals surface area (Å²) < 4.78 is 0. The van der Waals surface area contributed by atoms with Gasteiger partial charge in [-0.25, -0.2) is 0 Å². The van der Waals surface area contributed by atoms with Gasteiger partial charge in [0.05, 0.1) is 0 Å². The third kappa shape index (κ3) is 4.27. The van der Waals surface area contributed by atoms with Crippen LogP contribution in [0.2, 0.25) is 0 Å². The van der Waals surface area contributed by atoms with Crippen molar-refractivity contribution >= 4 is 0 Å². The van der Waals surface area contributed by atoms with Gasteiger partial charge in [0, 0.05) is 5.92 Å². The second kappa shape index (κ2) is 9.05. The van der Waals surface area contributed by atoms with E-state index in [0.717, 1.165) is 12.8 Å².